The number of para-hydroxylation sites is 2. The molecule has 39 nitrogen and oxygen atoms in total. The van der Waals surface area contributed by atoms with E-state index in [1.54, 1.807) is 162 Å². The zero-order chi connectivity index (χ0) is 106. The maximum atomic E-state index is 13.5. The number of likely N-dealkylation sites (N-methyl/N-ethyl adjacent to an activating group) is 1. The lowest BCUT2D eigenvalue weighted by Gasteiger charge is -2.42. The minimum Gasteiger partial charge on any atom is -0.495 e. The third kappa shape index (κ3) is 29.4. The number of sulfone groups is 1. The number of fused-ring (bicyclic) bond motifs is 1. The molecule has 12 aromatic rings. The fourth-order valence-electron chi connectivity index (χ4n) is 16.9. The fraction of sp³-hybridized carbons (Fsp3) is 0.396. The molecule has 5 aromatic heterocycles. The Kier molecular flexibility index (Phi) is 38.5. The molecule has 2 amide bonds. The topological polar surface area (TPSA) is 474 Å². The van der Waals surface area contributed by atoms with Crippen LogP contribution < -0.4 is 104 Å². The van der Waals surface area contributed by atoms with Crippen molar-refractivity contribution in [3.05, 3.63) is 192 Å². The van der Waals surface area contributed by atoms with E-state index in [-0.39, 0.29) is 47.0 Å². The highest BCUT2D eigenvalue weighted by molar-refractivity contribution is 7.92. The molecule has 786 valence electrons. The Bertz CT molecular complexity index is 6910. The molecule has 0 spiro atoms. The summed E-state index contributed by atoms with van der Waals surface area (Å²) in [5.74, 6) is 4.08. The number of piperazine rings is 2. The van der Waals surface area contributed by atoms with Crippen LogP contribution in [-0.2, 0) is 48.5 Å². The third-order valence-corrected chi connectivity index (χ3v) is 34.7. The Morgan fingerprint density at radius 2 is 0.993 bits per heavy atom. The molecule has 4 aliphatic heterocycles. The van der Waals surface area contributed by atoms with Crippen molar-refractivity contribution in [2.75, 3.05) is 213 Å². The molecular weight excluding hydrogens is 2010 g/mol. The maximum Gasteiger partial charge on any atom is 0.361 e. The molecule has 12 N–H and O–H groups in total. The van der Waals surface area contributed by atoms with Crippen molar-refractivity contribution in [2.45, 2.75) is 108 Å². The molecule has 0 radical (unpaired) electrons. The molecule has 4 fully saturated rings. The lowest BCUT2D eigenvalue weighted by molar-refractivity contribution is -0.121. The highest BCUT2D eigenvalue weighted by Gasteiger charge is 2.34. The largest absolute Gasteiger partial charge is 0.495 e. The number of benzene rings is 7. The van der Waals surface area contributed by atoms with Gasteiger partial charge in [0.05, 0.1) is 115 Å². The molecule has 147 heavy (non-hydrogen) atoms. The first-order chi connectivity index (χ1) is 70.2. The third-order valence-electron chi connectivity index (χ3n) is 25.1. The molecule has 0 aliphatic carbocycles. The van der Waals surface area contributed by atoms with Gasteiger partial charge in [-0.3, -0.25) is 29.1 Å². The van der Waals surface area contributed by atoms with Crippen molar-refractivity contribution in [1.29, 1.82) is 0 Å². The standard InChI is InChI=1S/C32H45ClN7O4P.C27H35N8O2P.C23H28N5O5PS.C19H25ClN5O3P/c1-5-43-45(41,44-6-2)30-10-8-7-9-24(30)22-34-31-27(33)23-35-32(37-31)36-28-12-11-26(21-29(28)42-4)39-15-13-25(14-16-39)40-19-17-38(3)18-20-40;1-18(2)34-12-14-35(15-13-34)19-10-11-21(23(16-19)37-3)30-27-31-25(20-17-28-33-26(20)32-27)29-22-8-6-7-9-24(22)38(4,5)36;1-14(2)35(31,32)20-9-7-6-8-18(20)26-22-16(21(24)29)13-25-23(28-22)27-17-11-10-15(34(4,5)30)12-19(17)33-3;1-28-16-10-12(29(2,3)27)7-8-14(16)24-19-22-11-13(20)17(25-19)23-15-6-4-5-9-21-18(15)26/h7-12,21,23,25H,5-6,13-20,22H2,1-4H3,(H2,34,35,36,37);6-11,16-18H,12-15H2,1-5H3,(H3,28,29,30,31,32,33);6-14H,1-5H3,(H2,24,29)(H2,25,26,27,28);7-8,10-11,15H,4-6,9H2,1-3H3,(H,21,26)(H2,22,23,24,25). The van der Waals surface area contributed by atoms with Gasteiger partial charge < -0.3 is 110 Å². The van der Waals surface area contributed by atoms with Crippen LogP contribution in [0.5, 0.6) is 23.0 Å². The van der Waals surface area contributed by atoms with E-state index in [0.717, 1.165) is 128 Å². The molecule has 4 saturated heterocycles. The Hall–Kier alpha value is -12.3. The summed E-state index contributed by atoms with van der Waals surface area (Å²) >= 11 is 12.7. The Labute approximate surface area is 869 Å². The molecule has 0 bridgehead atoms. The predicted octanol–water partition coefficient (Wildman–Crippen LogP) is 16.9. The summed E-state index contributed by atoms with van der Waals surface area (Å²) < 4.78 is 110. The average molecular weight is 2150 g/mol. The number of nitrogens with zero attached hydrogens (tertiary/aromatic N) is 14. The summed E-state index contributed by atoms with van der Waals surface area (Å²) in [6, 6.07) is 44.8. The first-order valence-corrected chi connectivity index (χ1v) is 60.1. The molecule has 46 heteroatoms. The van der Waals surface area contributed by atoms with Crippen LogP contribution in [-0.4, -0.2) is 269 Å². The number of hydrogen-bond acceptors (Lipinski definition) is 36. The predicted molar refractivity (Wildman–Crippen MR) is 592 cm³/mol. The number of ether oxygens (including phenoxy) is 4. The van der Waals surface area contributed by atoms with Crippen molar-refractivity contribution in [3.8, 4) is 23.0 Å². The van der Waals surface area contributed by atoms with Gasteiger partial charge in [0.2, 0.25) is 29.7 Å². The quantitative estimate of drug-likeness (QED) is 0.0162. The number of aromatic amines is 1. The second-order valence-corrected chi connectivity index (χ2v) is 51.9. The number of piperidine rings is 1. The number of nitrogens with two attached hydrogens (primary N) is 1. The Morgan fingerprint density at radius 1 is 0.510 bits per heavy atom. The molecule has 7 aromatic carbocycles. The lowest BCUT2D eigenvalue weighted by Crippen LogP contribution is -2.52. The van der Waals surface area contributed by atoms with Gasteiger partial charge in [0, 0.05) is 136 Å². The summed E-state index contributed by atoms with van der Waals surface area (Å²) in [5.41, 5.74) is 12.7. The Balaban J connectivity index is 0.000000166. The van der Waals surface area contributed by atoms with Gasteiger partial charge in [-0.15, -0.1) is 0 Å². The smallest absolute Gasteiger partial charge is 0.361 e. The van der Waals surface area contributed by atoms with Crippen LogP contribution >= 0.6 is 52.2 Å². The summed E-state index contributed by atoms with van der Waals surface area (Å²) in [5, 5.41) is 38.7. The van der Waals surface area contributed by atoms with E-state index in [4.69, 9.17) is 61.9 Å². The minimum absolute atomic E-state index is 0.0208. The van der Waals surface area contributed by atoms with E-state index in [1.165, 1.54) is 38.4 Å². The number of H-pyrrole nitrogens is 1. The number of methoxy groups -OCH3 is 4. The van der Waals surface area contributed by atoms with Crippen LogP contribution in [0.25, 0.3) is 11.0 Å². The van der Waals surface area contributed by atoms with Gasteiger partial charge in [0.1, 0.15) is 77.7 Å². The summed E-state index contributed by atoms with van der Waals surface area (Å²) in [4.78, 5) is 72.2. The lowest BCUT2D eigenvalue weighted by atomic mass is 10.0. The number of hydrogen-bond donors (Lipinski definition) is 11. The number of nitrogens with one attached hydrogen (secondary N) is 10. The van der Waals surface area contributed by atoms with Gasteiger partial charge in [-0.2, -0.15) is 30.0 Å². The number of carbonyl (C=O) groups is 2. The number of amides is 2. The first kappa shape index (κ1) is 112. The van der Waals surface area contributed by atoms with Crippen LogP contribution in [0.3, 0.4) is 0 Å². The Morgan fingerprint density at radius 3 is 1.53 bits per heavy atom. The second-order valence-electron chi connectivity index (χ2n) is 37.0. The second kappa shape index (κ2) is 50.6. The van der Waals surface area contributed by atoms with Gasteiger partial charge in [0.25, 0.3) is 5.91 Å². The zero-order valence-electron chi connectivity index (χ0n) is 85.9. The molecule has 1 atom stereocenters. The number of anilines is 16. The molecule has 0 saturated carbocycles. The number of rotatable bonds is 36. The molecule has 9 heterocycles. The zero-order valence-corrected chi connectivity index (χ0v) is 91.8. The summed E-state index contributed by atoms with van der Waals surface area (Å²) in [6.45, 7) is 33.8. The van der Waals surface area contributed by atoms with Gasteiger partial charge >= 0.3 is 7.60 Å². The minimum atomic E-state index is -3.62. The molecule has 4 aliphatic rings. The van der Waals surface area contributed by atoms with Crippen molar-refractivity contribution < 1.29 is 64.3 Å². The molecular formula is C101H133Cl2N25O14P4S. The van der Waals surface area contributed by atoms with Gasteiger partial charge in [-0.1, -0.05) is 65.7 Å². The van der Waals surface area contributed by atoms with Gasteiger partial charge in [-0.25, -0.2) is 23.4 Å². The summed E-state index contributed by atoms with van der Waals surface area (Å²) in [7, 11) is -5.95. The van der Waals surface area contributed by atoms with Crippen molar-refractivity contribution in [1.82, 2.24) is 70.1 Å². The van der Waals surface area contributed by atoms with Crippen LogP contribution in [0, 0.1) is 0 Å². The number of halogens is 2. The number of carbonyl (C=O) groups excluding carboxylic acids is 2. The normalized spacial score (nSPS) is 15.2. The highest BCUT2D eigenvalue weighted by atomic mass is 35.5. The van der Waals surface area contributed by atoms with Gasteiger partial charge in [-0.05, 0) is 217 Å². The maximum absolute atomic E-state index is 13.5. The number of primary amides is 1. The van der Waals surface area contributed by atoms with Gasteiger partial charge in [0.15, 0.2) is 27.1 Å². The van der Waals surface area contributed by atoms with E-state index < -0.39 is 56.1 Å². The van der Waals surface area contributed by atoms with Crippen molar-refractivity contribution in [3.63, 3.8) is 0 Å². The van der Waals surface area contributed by atoms with E-state index >= 15 is 0 Å². The van der Waals surface area contributed by atoms with Crippen LogP contribution in [0.2, 0.25) is 10.0 Å². The van der Waals surface area contributed by atoms with Crippen LogP contribution in [0.15, 0.2) is 175 Å². The van der Waals surface area contributed by atoms with E-state index in [9.17, 15) is 36.3 Å². The van der Waals surface area contributed by atoms with E-state index in [1.807, 2.05) is 54.6 Å². The van der Waals surface area contributed by atoms with Crippen LogP contribution in [0.1, 0.15) is 89.6 Å². The van der Waals surface area contributed by atoms with Crippen molar-refractivity contribution in [2.24, 2.45) is 5.73 Å². The number of aromatic nitrogens is 10. The molecule has 16 rings (SSSR count). The van der Waals surface area contributed by atoms with E-state index in [0.29, 0.717) is 128 Å². The van der Waals surface area contributed by atoms with E-state index in [2.05, 4.69) is 163 Å². The monoisotopic (exact) mass is 2150 g/mol. The fourth-order valence-corrected chi connectivity index (χ4v) is 23.1. The summed E-state index contributed by atoms with van der Waals surface area (Å²) in [6.07, 6.45) is 10.9. The SMILES string of the molecule is CCOP(=O)(OCC)c1ccccc1CNc1nc(Nc2ccc(N3CCC(N4CCN(C)CC4)CC3)cc2OC)ncc1Cl.COc1cc(N2CCN(C(C)C)CC2)ccc1Nc1nc(Nc2ccccc2P(C)(C)=O)c2cn[nH]c2n1.COc1cc(P(C)(C)=O)ccc1Nc1ncc(C(N)=O)c(Nc2ccccc2S(=O)(=O)C(C)C)n1.COc1cc(P(C)(C)=O)ccc1Nc1ncc(Cl)c(NC2CCCCNC2=O)n1. The first-order valence-electron chi connectivity index (χ1n) is 48.5. The average Bonchev–Trinajstić information content (AvgIpc) is 1.77. The van der Waals surface area contributed by atoms with Crippen molar-refractivity contribution >= 4 is 199 Å². The van der Waals surface area contributed by atoms with Crippen LogP contribution in [0.4, 0.5) is 92.6 Å². The molecule has 1 unspecified atom stereocenters. The highest BCUT2D eigenvalue weighted by Crippen LogP contribution is 2.49.